The Kier molecular flexibility index (Phi) is 3.69. The lowest BCUT2D eigenvalue weighted by atomic mass is 10.1. The van der Waals surface area contributed by atoms with Crippen LogP contribution < -0.4 is 10.1 Å². The van der Waals surface area contributed by atoms with Gasteiger partial charge in [0.1, 0.15) is 6.04 Å². The van der Waals surface area contributed by atoms with Crippen LogP contribution in [0.4, 0.5) is 4.39 Å². The highest BCUT2D eigenvalue weighted by Gasteiger charge is 2.30. The minimum atomic E-state index is -0.530. The first-order valence-corrected chi connectivity index (χ1v) is 5.97. The van der Waals surface area contributed by atoms with Crippen molar-refractivity contribution in [1.82, 2.24) is 10.2 Å². The summed E-state index contributed by atoms with van der Waals surface area (Å²) in [6.45, 7) is 2.52. The highest BCUT2D eigenvalue weighted by molar-refractivity contribution is 5.98. The normalized spacial score (nSPS) is 19.0. The first-order valence-electron chi connectivity index (χ1n) is 5.97. The molecule has 0 aromatic heterocycles. The van der Waals surface area contributed by atoms with Gasteiger partial charge in [0, 0.05) is 18.7 Å². The number of rotatable bonds is 2. The maximum absolute atomic E-state index is 13.3. The van der Waals surface area contributed by atoms with E-state index in [0.29, 0.717) is 18.7 Å². The standard InChI is InChI=1S/C13H15FN2O3/c1-8-12(17)15-5-6-16(8)13(18)9-3-4-10(14)11(7-9)19-2/h3-4,7-8H,5-6H2,1-2H3,(H,15,17). The van der Waals surface area contributed by atoms with Crippen molar-refractivity contribution in [3.8, 4) is 5.75 Å². The van der Waals surface area contributed by atoms with Crippen LogP contribution in [0.2, 0.25) is 0 Å². The number of nitrogens with zero attached hydrogens (tertiary/aromatic N) is 1. The molecule has 2 amide bonds. The molecule has 1 unspecified atom stereocenters. The number of hydrogen-bond donors (Lipinski definition) is 1. The van der Waals surface area contributed by atoms with Gasteiger partial charge in [0.15, 0.2) is 11.6 Å². The van der Waals surface area contributed by atoms with Crippen LogP contribution in [-0.2, 0) is 4.79 Å². The van der Waals surface area contributed by atoms with Gasteiger partial charge in [-0.15, -0.1) is 0 Å². The number of benzene rings is 1. The van der Waals surface area contributed by atoms with Gasteiger partial charge < -0.3 is 15.0 Å². The summed E-state index contributed by atoms with van der Waals surface area (Å²) < 4.78 is 18.1. The highest BCUT2D eigenvalue weighted by atomic mass is 19.1. The van der Waals surface area contributed by atoms with Crippen LogP contribution in [0.5, 0.6) is 5.75 Å². The maximum atomic E-state index is 13.3. The van der Waals surface area contributed by atoms with E-state index >= 15 is 0 Å². The number of methoxy groups -OCH3 is 1. The van der Waals surface area contributed by atoms with E-state index in [2.05, 4.69) is 5.32 Å². The van der Waals surface area contributed by atoms with Gasteiger partial charge in [0.25, 0.3) is 5.91 Å². The number of hydrogen-bond acceptors (Lipinski definition) is 3. The summed E-state index contributed by atoms with van der Waals surface area (Å²) in [5.74, 6) is -1.00. The van der Waals surface area contributed by atoms with Crippen molar-refractivity contribution in [3.63, 3.8) is 0 Å². The smallest absolute Gasteiger partial charge is 0.254 e. The largest absolute Gasteiger partial charge is 0.494 e. The predicted octanol–water partition coefficient (Wildman–Crippen LogP) is 0.795. The molecule has 2 rings (SSSR count). The average molecular weight is 266 g/mol. The molecule has 0 saturated carbocycles. The number of carbonyl (C=O) groups is 2. The van der Waals surface area contributed by atoms with Gasteiger partial charge in [-0.1, -0.05) is 0 Å². The summed E-state index contributed by atoms with van der Waals surface area (Å²) in [6.07, 6.45) is 0. The molecule has 1 fully saturated rings. The molecule has 1 atom stereocenters. The monoisotopic (exact) mass is 266 g/mol. The Bertz CT molecular complexity index is 519. The Balaban J connectivity index is 2.26. The number of carbonyl (C=O) groups excluding carboxylic acids is 2. The molecule has 1 heterocycles. The van der Waals surface area contributed by atoms with Crippen molar-refractivity contribution < 1.29 is 18.7 Å². The SMILES string of the molecule is COc1cc(C(=O)N2CCNC(=O)C2C)ccc1F. The van der Waals surface area contributed by atoms with Gasteiger partial charge >= 0.3 is 0 Å². The van der Waals surface area contributed by atoms with E-state index in [9.17, 15) is 14.0 Å². The molecule has 1 saturated heterocycles. The molecule has 0 radical (unpaired) electrons. The lowest BCUT2D eigenvalue weighted by Gasteiger charge is -2.32. The second-order valence-electron chi connectivity index (χ2n) is 4.31. The van der Waals surface area contributed by atoms with E-state index < -0.39 is 11.9 Å². The van der Waals surface area contributed by atoms with Gasteiger partial charge in [0.05, 0.1) is 7.11 Å². The van der Waals surface area contributed by atoms with Gasteiger partial charge in [-0.2, -0.15) is 0 Å². The summed E-state index contributed by atoms with van der Waals surface area (Å²) in [5, 5.41) is 2.68. The second kappa shape index (κ2) is 5.26. The number of amides is 2. The van der Waals surface area contributed by atoms with Crippen LogP contribution in [-0.4, -0.2) is 43.0 Å². The zero-order valence-corrected chi connectivity index (χ0v) is 10.8. The molecule has 6 heteroatoms. The third-order valence-corrected chi connectivity index (χ3v) is 3.16. The fourth-order valence-electron chi connectivity index (χ4n) is 2.02. The summed E-state index contributed by atoms with van der Waals surface area (Å²) in [5.41, 5.74) is 0.305. The number of nitrogens with one attached hydrogen (secondary N) is 1. The molecule has 1 N–H and O–H groups in total. The van der Waals surface area contributed by atoms with Crippen LogP contribution in [0, 0.1) is 5.82 Å². The Labute approximate surface area is 110 Å². The molecular weight excluding hydrogens is 251 g/mol. The van der Waals surface area contributed by atoms with E-state index in [-0.39, 0.29) is 17.6 Å². The van der Waals surface area contributed by atoms with Crippen LogP contribution in [0.25, 0.3) is 0 Å². The molecule has 1 aliphatic rings. The second-order valence-corrected chi connectivity index (χ2v) is 4.31. The Morgan fingerprint density at radius 1 is 1.53 bits per heavy atom. The fourth-order valence-corrected chi connectivity index (χ4v) is 2.02. The minimum Gasteiger partial charge on any atom is -0.494 e. The van der Waals surface area contributed by atoms with Gasteiger partial charge in [0.2, 0.25) is 5.91 Å². The molecule has 0 aliphatic carbocycles. The molecular formula is C13H15FN2O3. The molecule has 1 aromatic carbocycles. The van der Waals surface area contributed by atoms with E-state index in [1.54, 1.807) is 6.92 Å². The molecule has 0 spiro atoms. The number of ether oxygens (including phenoxy) is 1. The summed E-state index contributed by atoms with van der Waals surface area (Å²) in [6, 6.07) is 3.38. The Morgan fingerprint density at radius 2 is 2.26 bits per heavy atom. The van der Waals surface area contributed by atoms with Crippen molar-refractivity contribution in [1.29, 1.82) is 0 Å². The predicted molar refractivity (Wildman–Crippen MR) is 66.5 cm³/mol. The van der Waals surface area contributed by atoms with E-state index in [1.165, 1.54) is 30.2 Å². The minimum absolute atomic E-state index is 0.0139. The zero-order chi connectivity index (χ0) is 14.0. The fraction of sp³-hybridized carbons (Fsp3) is 0.385. The Morgan fingerprint density at radius 3 is 2.95 bits per heavy atom. The van der Waals surface area contributed by atoms with Crippen molar-refractivity contribution in [2.24, 2.45) is 0 Å². The molecule has 1 aromatic rings. The molecule has 102 valence electrons. The third kappa shape index (κ3) is 2.52. The first kappa shape index (κ1) is 13.3. The van der Waals surface area contributed by atoms with Crippen LogP contribution in [0.15, 0.2) is 18.2 Å². The first-order chi connectivity index (χ1) is 9.04. The Hall–Kier alpha value is -2.11. The van der Waals surface area contributed by atoms with Crippen molar-refractivity contribution in [2.45, 2.75) is 13.0 Å². The number of piperazine rings is 1. The summed E-state index contributed by atoms with van der Waals surface area (Å²) in [7, 11) is 1.34. The number of halogens is 1. The third-order valence-electron chi connectivity index (χ3n) is 3.16. The highest BCUT2D eigenvalue weighted by Crippen LogP contribution is 2.20. The van der Waals surface area contributed by atoms with E-state index in [4.69, 9.17) is 4.74 Å². The molecule has 1 aliphatic heterocycles. The van der Waals surface area contributed by atoms with E-state index in [0.717, 1.165) is 0 Å². The lowest BCUT2D eigenvalue weighted by Crippen LogP contribution is -2.55. The van der Waals surface area contributed by atoms with Crippen LogP contribution in [0.3, 0.4) is 0 Å². The van der Waals surface area contributed by atoms with E-state index in [1.807, 2.05) is 0 Å². The maximum Gasteiger partial charge on any atom is 0.254 e. The summed E-state index contributed by atoms with van der Waals surface area (Å²) in [4.78, 5) is 25.3. The molecule has 5 nitrogen and oxygen atoms in total. The average Bonchev–Trinajstić information content (AvgIpc) is 2.41. The van der Waals surface area contributed by atoms with Crippen molar-refractivity contribution in [2.75, 3.05) is 20.2 Å². The molecule has 0 bridgehead atoms. The van der Waals surface area contributed by atoms with Crippen molar-refractivity contribution >= 4 is 11.8 Å². The lowest BCUT2D eigenvalue weighted by molar-refractivity contribution is -0.127. The van der Waals surface area contributed by atoms with Gasteiger partial charge in [-0.25, -0.2) is 4.39 Å². The van der Waals surface area contributed by atoms with Crippen LogP contribution in [0.1, 0.15) is 17.3 Å². The topological polar surface area (TPSA) is 58.6 Å². The molecule has 19 heavy (non-hydrogen) atoms. The quantitative estimate of drug-likeness (QED) is 0.861. The van der Waals surface area contributed by atoms with Crippen molar-refractivity contribution in [3.05, 3.63) is 29.6 Å². The van der Waals surface area contributed by atoms with Gasteiger partial charge in [-0.3, -0.25) is 9.59 Å². The summed E-state index contributed by atoms with van der Waals surface area (Å²) >= 11 is 0. The van der Waals surface area contributed by atoms with Gasteiger partial charge in [-0.05, 0) is 25.1 Å². The van der Waals surface area contributed by atoms with Crippen LogP contribution >= 0.6 is 0 Å². The zero-order valence-electron chi connectivity index (χ0n) is 10.8.